The van der Waals surface area contributed by atoms with E-state index >= 15 is 0 Å². The summed E-state index contributed by atoms with van der Waals surface area (Å²) in [5.74, 6) is 0.809. The van der Waals surface area contributed by atoms with E-state index in [-0.39, 0.29) is 11.8 Å². The third kappa shape index (κ3) is 9.21. The summed E-state index contributed by atoms with van der Waals surface area (Å²) in [5, 5.41) is 8.39. The minimum absolute atomic E-state index is 0.0445. The van der Waals surface area contributed by atoms with Crippen molar-refractivity contribution in [2.45, 2.75) is 90.6 Å². The molecule has 0 atom stereocenters. The van der Waals surface area contributed by atoms with Crippen molar-refractivity contribution in [2.24, 2.45) is 0 Å². The highest BCUT2D eigenvalue weighted by Gasteiger charge is 2.22. The van der Waals surface area contributed by atoms with Gasteiger partial charge in [-0.25, -0.2) is 0 Å². The highest BCUT2D eigenvalue weighted by molar-refractivity contribution is 9.10. The monoisotopic (exact) mass is 664 g/mol. The second-order valence-corrected chi connectivity index (χ2v) is 12.9. The zero-order valence-corrected chi connectivity index (χ0v) is 28.2. The molecule has 0 saturated heterocycles. The van der Waals surface area contributed by atoms with E-state index in [1.165, 1.54) is 32.1 Å². The molecule has 4 rings (SSSR count). The highest BCUT2D eigenvalue weighted by atomic mass is 79.9. The molecule has 0 aromatic heterocycles. The zero-order chi connectivity index (χ0) is 31.5. The maximum Gasteiger partial charge on any atom is 0.251 e. The molecule has 238 valence electrons. The molecule has 0 spiro atoms. The second-order valence-electron chi connectivity index (χ2n) is 12.0. The molecule has 0 bridgehead atoms. The van der Waals surface area contributed by atoms with Crippen LogP contribution in [0.2, 0.25) is 0 Å². The molecule has 0 aliphatic heterocycles. The van der Waals surface area contributed by atoms with Crippen LogP contribution in [0, 0.1) is 6.92 Å². The number of nitrogens with one attached hydrogen (secondary N) is 2. The molecule has 1 aliphatic carbocycles. The van der Waals surface area contributed by atoms with Gasteiger partial charge in [-0.3, -0.25) is 14.5 Å². The Balaban J connectivity index is 1.15. The summed E-state index contributed by atoms with van der Waals surface area (Å²) in [7, 11) is 1.67. The van der Waals surface area contributed by atoms with Crippen molar-refractivity contribution in [1.29, 1.82) is 0 Å². The number of unbranched alkanes of at least 4 members (excludes halogenated alkanes) is 3. The lowest BCUT2D eigenvalue weighted by Gasteiger charge is -2.34. The first-order valence-electron chi connectivity index (χ1n) is 16.2. The SMILES string of the molecule is CCN(Cc1cc(C(=O)NCCCCCCNC(=O)Cc2ccc3cc(OC)ccc3c2C)cc(Br)c1N)C1CCCCC1. The molecule has 0 unspecified atom stereocenters. The van der Waals surface area contributed by atoms with E-state index in [0.29, 0.717) is 31.1 Å². The fourth-order valence-corrected chi connectivity index (χ4v) is 6.80. The van der Waals surface area contributed by atoms with Gasteiger partial charge in [0, 0.05) is 35.7 Å². The average Bonchev–Trinajstić information content (AvgIpc) is 3.04. The van der Waals surface area contributed by atoms with Gasteiger partial charge < -0.3 is 21.1 Å². The molecule has 1 aliphatic rings. The number of hydrogen-bond donors (Lipinski definition) is 3. The number of ether oxygens (including phenoxy) is 1. The van der Waals surface area contributed by atoms with Crippen LogP contribution in [-0.2, 0) is 17.8 Å². The first-order chi connectivity index (χ1) is 21.3. The normalized spacial score (nSPS) is 13.8. The molecule has 4 N–H and O–H groups in total. The minimum Gasteiger partial charge on any atom is -0.497 e. The zero-order valence-electron chi connectivity index (χ0n) is 26.6. The van der Waals surface area contributed by atoms with Gasteiger partial charge in [-0.05, 0) is 107 Å². The number of nitrogens with zero attached hydrogens (tertiary/aromatic N) is 1. The number of methoxy groups -OCH3 is 1. The lowest BCUT2D eigenvalue weighted by Crippen LogP contribution is -2.36. The molecule has 3 aromatic carbocycles. The van der Waals surface area contributed by atoms with Gasteiger partial charge in [0.2, 0.25) is 5.91 Å². The van der Waals surface area contributed by atoms with Crippen molar-refractivity contribution in [3.05, 3.63) is 69.2 Å². The molecular weight excluding hydrogens is 616 g/mol. The number of rotatable bonds is 15. The topological polar surface area (TPSA) is 96.7 Å². The largest absolute Gasteiger partial charge is 0.497 e. The number of hydrogen-bond acceptors (Lipinski definition) is 5. The summed E-state index contributed by atoms with van der Waals surface area (Å²) in [4.78, 5) is 28.0. The number of nitrogens with two attached hydrogens (primary N) is 1. The van der Waals surface area contributed by atoms with E-state index < -0.39 is 0 Å². The number of carbonyl (C=O) groups is 2. The van der Waals surface area contributed by atoms with Gasteiger partial charge in [0.1, 0.15) is 5.75 Å². The van der Waals surface area contributed by atoms with Gasteiger partial charge >= 0.3 is 0 Å². The maximum atomic E-state index is 13.0. The van der Waals surface area contributed by atoms with E-state index in [9.17, 15) is 9.59 Å². The molecule has 0 radical (unpaired) electrons. The summed E-state index contributed by atoms with van der Waals surface area (Å²) in [6, 6.07) is 14.5. The fourth-order valence-electron chi connectivity index (χ4n) is 6.30. The van der Waals surface area contributed by atoms with Crippen LogP contribution in [0.5, 0.6) is 5.75 Å². The Kier molecular flexibility index (Phi) is 12.9. The number of aryl methyl sites for hydroxylation is 1. The van der Waals surface area contributed by atoms with Crippen molar-refractivity contribution < 1.29 is 14.3 Å². The van der Waals surface area contributed by atoms with Gasteiger partial charge in [-0.1, -0.05) is 57.2 Å². The lowest BCUT2D eigenvalue weighted by molar-refractivity contribution is -0.120. The van der Waals surface area contributed by atoms with Gasteiger partial charge in [0.15, 0.2) is 0 Å². The van der Waals surface area contributed by atoms with Gasteiger partial charge in [0.05, 0.1) is 19.2 Å². The van der Waals surface area contributed by atoms with Crippen LogP contribution in [0.25, 0.3) is 10.8 Å². The molecule has 1 fully saturated rings. The van der Waals surface area contributed by atoms with Crippen molar-refractivity contribution >= 4 is 44.2 Å². The average molecular weight is 666 g/mol. The second kappa shape index (κ2) is 16.8. The quantitative estimate of drug-likeness (QED) is 0.117. The van der Waals surface area contributed by atoms with Crippen LogP contribution in [-0.4, -0.2) is 49.5 Å². The number of carbonyl (C=O) groups excluding carboxylic acids is 2. The maximum absolute atomic E-state index is 13.0. The summed E-state index contributed by atoms with van der Waals surface area (Å²) in [6.45, 7) is 7.30. The standard InChI is InChI=1S/C36H49BrN4O3/c1-4-41(30-12-8-7-9-13-30)24-29-20-28(22-33(37)35(29)38)36(43)40-19-11-6-5-10-18-39-34(42)23-26-14-15-27-21-31(44-3)16-17-32(27)25(26)2/h14-17,20-22,30H,4-13,18-19,23-24,38H2,1-3H3,(H,39,42)(H,40,43). The van der Waals surface area contributed by atoms with E-state index in [0.717, 1.165) is 82.1 Å². The van der Waals surface area contributed by atoms with Crippen molar-refractivity contribution in [3.8, 4) is 5.75 Å². The van der Waals surface area contributed by atoms with Gasteiger partial charge in [-0.15, -0.1) is 0 Å². The summed E-state index contributed by atoms with van der Waals surface area (Å²) in [6.07, 6.45) is 10.6. The Hall–Kier alpha value is -3.10. The Labute approximate surface area is 271 Å². The Morgan fingerprint density at radius 2 is 1.68 bits per heavy atom. The van der Waals surface area contributed by atoms with Gasteiger partial charge in [-0.2, -0.15) is 0 Å². The number of halogens is 1. The van der Waals surface area contributed by atoms with Crippen LogP contribution in [0.4, 0.5) is 5.69 Å². The predicted octanol–water partition coefficient (Wildman–Crippen LogP) is 7.31. The summed E-state index contributed by atoms with van der Waals surface area (Å²) in [5.41, 5.74) is 11.0. The number of fused-ring (bicyclic) bond motifs is 1. The minimum atomic E-state index is -0.0666. The lowest BCUT2D eigenvalue weighted by atomic mass is 9.93. The van der Waals surface area contributed by atoms with Crippen LogP contribution in [0.1, 0.15) is 91.8 Å². The molecule has 44 heavy (non-hydrogen) atoms. The molecule has 0 heterocycles. The number of benzene rings is 3. The van der Waals surface area contributed by atoms with E-state index in [1.54, 1.807) is 7.11 Å². The molecule has 8 heteroatoms. The summed E-state index contributed by atoms with van der Waals surface area (Å²) >= 11 is 3.58. The number of nitrogen functional groups attached to an aromatic ring is 1. The fraction of sp³-hybridized carbons (Fsp3) is 0.500. The molecule has 3 aromatic rings. The highest BCUT2D eigenvalue weighted by Crippen LogP contribution is 2.30. The third-order valence-electron chi connectivity index (χ3n) is 9.02. The predicted molar refractivity (Wildman–Crippen MR) is 184 cm³/mol. The Bertz CT molecular complexity index is 1420. The van der Waals surface area contributed by atoms with Crippen LogP contribution >= 0.6 is 15.9 Å². The van der Waals surface area contributed by atoms with E-state index in [4.69, 9.17) is 10.5 Å². The van der Waals surface area contributed by atoms with E-state index in [1.807, 2.05) is 30.3 Å². The summed E-state index contributed by atoms with van der Waals surface area (Å²) < 4.78 is 6.10. The number of anilines is 1. The van der Waals surface area contributed by atoms with Crippen LogP contribution < -0.4 is 21.1 Å². The molecule has 7 nitrogen and oxygen atoms in total. The smallest absolute Gasteiger partial charge is 0.251 e. The van der Waals surface area contributed by atoms with Gasteiger partial charge in [0.25, 0.3) is 5.91 Å². The van der Waals surface area contributed by atoms with Crippen molar-refractivity contribution in [3.63, 3.8) is 0 Å². The van der Waals surface area contributed by atoms with Crippen LogP contribution in [0.3, 0.4) is 0 Å². The Morgan fingerprint density at radius 3 is 2.39 bits per heavy atom. The van der Waals surface area contributed by atoms with E-state index in [2.05, 4.69) is 57.4 Å². The Morgan fingerprint density at radius 1 is 0.955 bits per heavy atom. The van der Waals surface area contributed by atoms with Crippen LogP contribution in [0.15, 0.2) is 46.9 Å². The van der Waals surface area contributed by atoms with Crippen molar-refractivity contribution in [1.82, 2.24) is 15.5 Å². The first-order valence-corrected chi connectivity index (χ1v) is 17.0. The third-order valence-corrected chi connectivity index (χ3v) is 9.67. The van der Waals surface area contributed by atoms with Crippen molar-refractivity contribution in [2.75, 3.05) is 32.5 Å². The molecular formula is C36H49BrN4O3. The molecule has 1 saturated carbocycles. The first kappa shape index (κ1) is 33.8. The molecule has 2 amide bonds. The number of amides is 2.